The molecule has 0 atom stereocenters. The van der Waals surface area contributed by atoms with Crippen LogP contribution in [0.4, 0.5) is 5.69 Å². The van der Waals surface area contributed by atoms with Crippen molar-refractivity contribution in [2.45, 2.75) is 32.6 Å². The number of nitriles is 1. The van der Waals surface area contributed by atoms with Crippen molar-refractivity contribution in [3.05, 3.63) is 41.1 Å². The Labute approximate surface area is 131 Å². The van der Waals surface area contributed by atoms with Crippen LogP contribution in [0.2, 0.25) is 0 Å². The van der Waals surface area contributed by atoms with Crippen LogP contribution in [0.25, 0.3) is 0 Å². The SMILES string of the molecule is CCCc1cccc(C#N)c1NC1=CC(=O)N(CC2CC2)C1. The number of para-hydroxylation sites is 1. The van der Waals surface area contributed by atoms with Crippen LogP contribution in [0.3, 0.4) is 0 Å². The Morgan fingerprint density at radius 1 is 1.41 bits per heavy atom. The Morgan fingerprint density at radius 2 is 2.23 bits per heavy atom. The van der Waals surface area contributed by atoms with Gasteiger partial charge in [0.2, 0.25) is 5.91 Å². The maximum Gasteiger partial charge on any atom is 0.248 e. The number of amides is 1. The van der Waals surface area contributed by atoms with E-state index in [1.54, 1.807) is 6.08 Å². The normalized spacial score (nSPS) is 17.4. The second-order valence-corrected chi connectivity index (χ2v) is 6.16. The van der Waals surface area contributed by atoms with Gasteiger partial charge in [0.25, 0.3) is 0 Å². The fourth-order valence-electron chi connectivity index (χ4n) is 2.89. The number of aryl methyl sites for hydroxylation is 1. The van der Waals surface area contributed by atoms with Crippen LogP contribution in [0, 0.1) is 17.2 Å². The Bertz CT molecular complexity index is 653. The molecule has 1 heterocycles. The summed E-state index contributed by atoms with van der Waals surface area (Å²) in [5.74, 6) is 0.777. The van der Waals surface area contributed by atoms with Gasteiger partial charge in [0.1, 0.15) is 6.07 Å². The standard InChI is InChI=1S/C18H21N3O/c1-2-4-14-5-3-6-15(10-19)18(14)20-16-9-17(22)21(12-16)11-13-7-8-13/h3,5-6,9,13,20H,2,4,7-8,11-12H2,1H3. The van der Waals surface area contributed by atoms with Crippen molar-refractivity contribution >= 4 is 11.6 Å². The first-order valence-electron chi connectivity index (χ1n) is 7.99. The number of benzene rings is 1. The highest BCUT2D eigenvalue weighted by Gasteiger charge is 2.29. The number of carbonyl (C=O) groups is 1. The van der Waals surface area contributed by atoms with Crippen LogP contribution in [-0.2, 0) is 11.2 Å². The van der Waals surface area contributed by atoms with E-state index in [1.807, 2.05) is 23.1 Å². The van der Waals surface area contributed by atoms with Gasteiger partial charge in [-0.05, 0) is 36.8 Å². The van der Waals surface area contributed by atoms with E-state index in [9.17, 15) is 10.1 Å². The molecule has 1 fully saturated rings. The molecule has 0 aromatic heterocycles. The number of nitrogens with one attached hydrogen (secondary N) is 1. The van der Waals surface area contributed by atoms with Crippen molar-refractivity contribution in [2.75, 3.05) is 18.4 Å². The molecule has 0 radical (unpaired) electrons. The number of anilines is 1. The molecule has 3 rings (SSSR count). The third-order valence-electron chi connectivity index (χ3n) is 4.22. The first-order chi connectivity index (χ1) is 10.7. The average molecular weight is 295 g/mol. The van der Waals surface area contributed by atoms with Gasteiger partial charge in [-0.1, -0.05) is 25.5 Å². The molecule has 1 aromatic carbocycles. The molecule has 1 aliphatic carbocycles. The number of hydrogen-bond donors (Lipinski definition) is 1. The fraction of sp³-hybridized carbons (Fsp3) is 0.444. The third-order valence-corrected chi connectivity index (χ3v) is 4.22. The summed E-state index contributed by atoms with van der Waals surface area (Å²) in [5, 5.41) is 12.7. The van der Waals surface area contributed by atoms with E-state index in [1.165, 1.54) is 12.8 Å². The highest BCUT2D eigenvalue weighted by Crippen LogP contribution is 2.31. The number of hydrogen-bond acceptors (Lipinski definition) is 3. The maximum atomic E-state index is 12.0. The molecule has 1 aromatic rings. The van der Waals surface area contributed by atoms with Gasteiger partial charge in [-0.25, -0.2) is 0 Å². The van der Waals surface area contributed by atoms with Gasteiger partial charge in [-0.2, -0.15) is 5.26 Å². The van der Waals surface area contributed by atoms with E-state index < -0.39 is 0 Å². The molecule has 2 aliphatic rings. The topological polar surface area (TPSA) is 56.1 Å². The Balaban J connectivity index is 1.77. The molecule has 1 saturated carbocycles. The lowest BCUT2D eigenvalue weighted by molar-refractivity contribution is -0.124. The van der Waals surface area contributed by atoms with E-state index in [-0.39, 0.29) is 5.91 Å². The Morgan fingerprint density at radius 3 is 2.91 bits per heavy atom. The summed E-state index contributed by atoms with van der Waals surface area (Å²) in [6.07, 6.45) is 6.10. The van der Waals surface area contributed by atoms with E-state index in [0.717, 1.165) is 36.3 Å². The molecule has 0 bridgehead atoms. The molecule has 0 spiro atoms. The van der Waals surface area contributed by atoms with Crippen LogP contribution < -0.4 is 5.32 Å². The lowest BCUT2D eigenvalue weighted by atomic mass is 10.0. The van der Waals surface area contributed by atoms with Crippen molar-refractivity contribution in [1.29, 1.82) is 5.26 Å². The van der Waals surface area contributed by atoms with Gasteiger partial charge >= 0.3 is 0 Å². The van der Waals surface area contributed by atoms with Gasteiger partial charge in [0.05, 0.1) is 17.8 Å². The molecule has 0 unspecified atom stereocenters. The molecule has 1 N–H and O–H groups in total. The number of carbonyl (C=O) groups excluding carboxylic acids is 1. The summed E-state index contributed by atoms with van der Waals surface area (Å²) < 4.78 is 0. The first-order valence-corrected chi connectivity index (χ1v) is 7.99. The zero-order valence-electron chi connectivity index (χ0n) is 12.9. The molecule has 1 aliphatic heterocycles. The molecule has 1 amide bonds. The molecule has 22 heavy (non-hydrogen) atoms. The van der Waals surface area contributed by atoms with Crippen molar-refractivity contribution in [3.8, 4) is 6.07 Å². The van der Waals surface area contributed by atoms with Crippen LogP contribution >= 0.6 is 0 Å². The van der Waals surface area contributed by atoms with Crippen LogP contribution in [0.1, 0.15) is 37.3 Å². The highest BCUT2D eigenvalue weighted by atomic mass is 16.2. The van der Waals surface area contributed by atoms with E-state index in [4.69, 9.17) is 0 Å². The summed E-state index contributed by atoms with van der Waals surface area (Å²) in [4.78, 5) is 13.9. The summed E-state index contributed by atoms with van der Waals surface area (Å²) in [6.45, 7) is 3.61. The summed E-state index contributed by atoms with van der Waals surface area (Å²) >= 11 is 0. The van der Waals surface area contributed by atoms with Crippen molar-refractivity contribution in [2.24, 2.45) is 5.92 Å². The predicted octanol–water partition coefficient (Wildman–Crippen LogP) is 3.06. The molecule has 4 heteroatoms. The monoisotopic (exact) mass is 295 g/mol. The summed E-state index contributed by atoms with van der Waals surface area (Å²) in [7, 11) is 0. The maximum absolute atomic E-state index is 12.0. The molecular weight excluding hydrogens is 274 g/mol. The summed E-state index contributed by atoms with van der Waals surface area (Å²) in [5.41, 5.74) is 3.53. The second-order valence-electron chi connectivity index (χ2n) is 6.16. The average Bonchev–Trinajstić information content (AvgIpc) is 3.25. The molecule has 4 nitrogen and oxygen atoms in total. The van der Waals surface area contributed by atoms with Crippen LogP contribution in [0.5, 0.6) is 0 Å². The minimum Gasteiger partial charge on any atom is -0.356 e. The summed E-state index contributed by atoms with van der Waals surface area (Å²) in [6, 6.07) is 8.03. The highest BCUT2D eigenvalue weighted by molar-refractivity contribution is 5.92. The Kier molecular flexibility index (Phi) is 4.15. The fourth-order valence-corrected chi connectivity index (χ4v) is 2.89. The second kappa shape index (κ2) is 6.23. The third kappa shape index (κ3) is 3.14. The largest absolute Gasteiger partial charge is 0.356 e. The van der Waals surface area contributed by atoms with E-state index >= 15 is 0 Å². The minimum atomic E-state index is 0.0841. The zero-order valence-corrected chi connectivity index (χ0v) is 12.9. The molecular formula is C18H21N3O. The van der Waals surface area contributed by atoms with Crippen molar-refractivity contribution < 1.29 is 4.79 Å². The smallest absolute Gasteiger partial charge is 0.248 e. The van der Waals surface area contributed by atoms with Gasteiger partial charge in [0.15, 0.2) is 0 Å². The van der Waals surface area contributed by atoms with Gasteiger partial charge < -0.3 is 10.2 Å². The lowest BCUT2D eigenvalue weighted by Crippen LogP contribution is -2.28. The van der Waals surface area contributed by atoms with E-state index in [0.29, 0.717) is 18.0 Å². The van der Waals surface area contributed by atoms with Gasteiger partial charge in [-0.3, -0.25) is 4.79 Å². The van der Waals surface area contributed by atoms with Crippen LogP contribution in [0.15, 0.2) is 30.0 Å². The van der Waals surface area contributed by atoms with Crippen molar-refractivity contribution in [3.63, 3.8) is 0 Å². The first kappa shape index (κ1) is 14.6. The quantitative estimate of drug-likeness (QED) is 0.877. The number of rotatable bonds is 6. The van der Waals surface area contributed by atoms with Crippen LogP contribution in [-0.4, -0.2) is 23.9 Å². The zero-order chi connectivity index (χ0) is 15.5. The van der Waals surface area contributed by atoms with Gasteiger partial charge in [-0.15, -0.1) is 0 Å². The van der Waals surface area contributed by atoms with Crippen molar-refractivity contribution in [1.82, 2.24) is 4.90 Å². The van der Waals surface area contributed by atoms with Gasteiger partial charge in [0, 0.05) is 18.3 Å². The Hall–Kier alpha value is -2.28. The lowest BCUT2D eigenvalue weighted by Gasteiger charge is -2.18. The minimum absolute atomic E-state index is 0.0841. The predicted molar refractivity (Wildman–Crippen MR) is 86.2 cm³/mol. The van der Waals surface area contributed by atoms with E-state index in [2.05, 4.69) is 18.3 Å². The molecule has 114 valence electrons. The number of nitrogens with zero attached hydrogens (tertiary/aromatic N) is 2. The molecule has 0 saturated heterocycles.